The monoisotopic (exact) mass is 411 g/mol. The van der Waals surface area contributed by atoms with Gasteiger partial charge in [0.1, 0.15) is 0 Å². The van der Waals surface area contributed by atoms with Gasteiger partial charge in [-0.1, -0.05) is 12.1 Å². The van der Waals surface area contributed by atoms with Crippen molar-refractivity contribution >= 4 is 38.7 Å². The summed E-state index contributed by atoms with van der Waals surface area (Å²) < 4.78 is 27.3. The van der Waals surface area contributed by atoms with E-state index >= 15 is 0 Å². The Morgan fingerprint density at radius 3 is 2.60 bits per heavy atom. The van der Waals surface area contributed by atoms with Crippen molar-refractivity contribution in [2.75, 3.05) is 27.2 Å². The van der Waals surface area contributed by atoms with Gasteiger partial charge < -0.3 is 5.32 Å². The molecule has 0 unspecified atom stereocenters. The molecule has 6 nitrogen and oxygen atoms in total. The Bertz CT molecular complexity index is 561. The lowest BCUT2D eigenvalue weighted by Crippen LogP contribution is -2.40. The third kappa shape index (κ3) is 6.16. The van der Waals surface area contributed by atoms with Crippen molar-refractivity contribution in [2.45, 2.75) is 6.42 Å². The van der Waals surface area contributed by atoms with Gasteiger partial charge in [-0.05, 0) is 40.3 Å². The van der Waals surface area contributed by atoms with E-state index in [2.05, 4.69) is 32.6 Å². The summed E-state index contributed by atoms with van der Waals surface area (Å²) in [6.07, 6.45) is 0.289. The first-order valence-corrected chi connectivity index (χ1v) is 8.51. The minimum atomic E-state index is -3.43. The number of hydrogen-bond donors (Lipinski definition) is 2. The number of hydrogen-bond acceptors (Lipinski definition) is 3. The van der Waals surface area contributed by atoms with Crippen LogP contribution in [-0.2, 0) is 21.4 Å². The summed E-state index contributed by atoms with van der Waals surface area (Å²) in [7, 11) is -0.545. The molecule has 0 bridgehead atoms. The zero-order chi connectivity index (χ0) is 15.2. The van der Waals surface area contributed by atoms with Crippen LogP contribution in [0.5, 0.6) is 0 Å². The molecule has 0 aliphatic carbocycles. The van der Waals surface area contributed by atoms with Crippen molar-refractivity contribution in [2.24, 2.45) is 0 Å². The van der Waals surface area contributed by atoms with Crippen LogP contribution in [0.2, 0.25) is 0 Å². The molecule has 0 heterocycles. The Morgan fingerprint density at radius 1 is 1.30 bits per heavy atom. The van der Waals surface area contributed by atoms with E-state index in [1.54, 1.807) is 0 Å². The minimum Gasteiger partial charge on any atom is -0.354 e. The molecule has 20 heavy (non-hydrogen) atoms. The summed E-state index contributed by atoms with van der Waals surface area (Å²) in [6, 6.07) is 7.68. The van der Waals surface area contributed by atoms with E-state index in [1.807, 2.05) is 24.3 Å². The topological polar surface area (TPSA) is 78.5 Å². The van der Waals surface area contributed by atoms with Crippen LogP contribution in [0.1, 0.15) is 5.56 Å². The highest BCUT2D eigenvalue weighted by Crippen LogP contribution is 2.08. The molecule has 0 spiro atoms. The van der Waals surface area contributed by atoms with Gasteiger partial charge in [0.25, 0.3) is 10.2 Å². The lowest BCUT2D eigenvalue weighted by atomic mass is 10.1. The fourth-order valence-electron chi connectivity index (χ4n) is 1.41. The van der Waals surface area contributed by atoms with Gasteiger partial charge in [0.15, 0.2) is 0 Å². The van der Waals surface area contributed by atoms with Crippen molar-refractivity contribution in [1.29, 1.82) is 0 Å². The number of halogens is 1. The van der Waals surface area contributed by atoms with Crippen molar-refractivity contribution < 1.29 is 13.2 Å². The van der Waals surface area contributed by atoms with E-state index in [0.717, 1.165) is 13.4 Å². The van der Waals surface area contributed by atoms with Crippen LogP contribution in [0, 0.1) is 3.57 Å². The van der Waals surface area contributed by atoms with Crippen molar-refractivity contribution in [3.63, 3.8) is 0 Å². The maximum absolute atomic E-state index is 11.7. The van der Waals surface area contributed by atoms with Crippen molar-refractivity contribution in [3.8, 4) is 0 Å². The largest absolute Gasteiger partial charge is 0.354 e. The third-order valence-corrected chi connectivity index (χ3v) is 4.67. The molecule has 1 aromatic carbocycles. The Labute approximate surface area is 133 Å². The van der Waals surface area contributed by atoms with Gasteiger partial charge in [0.05, 0.1) is 6.42 Å². The van der Waals surface area contributed by atoms with Gasteiger partial charge in [-0.25, -0.2) is 4.72 Å². The van der Waals surface area contributed by atoms with Crippen LogP contribution >= 0.6 is 22.6 Å². The number of nitrogens with zero attached hydrogens (tertiary/aromatic N) is 1. The van der Waals surface area contributed by atoms with Crippen LogP contribution in [0.15, 0.2) is 24.3 Å². The quantitative estimate of drug-likeness (QED) is 0.502. The van der Waals surface area contributed by atoms with E-state index in [9.17, 15) is 13.2 Å². The fourth-order valence-corrected chi connectivity index (χ4v) is 2.63. The van der Waals surface area contributed by atoms with Crippen LogP contribution in [-0.4, -0.2) is 45.8 Å². The van der Waals surface area contributed by atoms with E-state index in [-0.39, 0.29) is 25.4 Å². The number of rotatable bonds is 7. The molecule has 0 radical (unpaired) electrons. The maximum atomic E-state index is 11.7. The summed E-state index contributed by atoms with van der Waals surface area (Å²) in [4.78, 5) is 11.7. The van der Waals surface area contributed by atoms with Crippen LogP contribution in [0.3, 0.4) is 0 Å². The number of benzene rings is 1. The Hall–Kier alpha value is -0.710. The molecule has 0 aliphatic rings. The van der Waals surface area contributed by atoms with E-state index in [4.69, 9.17) is 0 Å². The fraction of sp³-hybridized carbons (Fsp3) is 0.417. The molecule has 0 aliphatic heterocycles. The summed E-state index contributed by atoms with van der Waals surface area (Å²) in [5, 5.41) is 2.68. The minimum absolute atomic E-state index is 0.129. The van der Waals surface area contributed by atoms with Crippen LogP contribution < -0.4 is 10.0 Å². The summed E-state index contributed by atoms with van der Waals surface area (Å²) >= 11 is 2.19. The molecule has 112 valence electrons. The molecular formula is C12H18IN3O3S. The lowest BCUT2D eigenvalue weighted by Gasteiger charge is -2.12. The third-order valence-electron chi connectivity index (χ3n) is 2.47. The van der Waals surface area contributed by atoms with Gasteiger partial charge in [0, 0.05) is 30.8 Å². The molecule has 1 aromatic rings. The highest BCUT2D eigenvalue weighted by Gasteiger charge is 2.11. The van der Waals surface area contributed by atoms with E-state index < -0.39 is 10.2 Å². The number of nitrogens with one attached hydrogen (secondary N) is 2. The Morgan fingerprint density at radius 2 is 2.00 bits per heavy atom. The summed E-state index contributed by atoms with van der Waals surface area (Å²) in [5.41, 5.74) is 0.934. The normalized spacial score (nSPS) is 11.6. The van der Waals surface area contributed by atoms with Gasteiger partial charge >= 0.3 is 0 Å². The van der Waals surface area contributed by atoms with Crippen LogP contribution in [0.4, 0.5) is 0 Å². The lowest BCUT2D eigenvalue weighted by molar-refractivity contribution is -0.120. The van der Waals surface area contributed by atoms with E-state index in [0.29, 0.717) is 0 Å². The molecule has 0 atom stereocenters. The van der Waals surface area contributed by atoms with Gasteiger partial charge in [0.2, 0.25) is 5.91 Å². The number of carbonyl (C=O) groups is 1. The van der Waals surface area contributed by atoms with Crippen molar-refractivity contribution in [3.05, 3.63) is 33.4 Å². The highest BCUT2D eigenvalue weighted by molar-refractivity contribution is 14.1. The second kappa shape index (κ2) is 7.91. The smallest absolute Gasteiger partial charge is 0.278 e. The number of carbonyl (C=O) groups excluding carboxylic acids is 1. The first kappa shape index (κ1) is 17.3. The SMILES string of the molecule is CN(C)S(=O)(=O)NCCNC(=O)Cc1cccc(I)c1. The Balaban J connectivity index is 2.31. The Kier molecular flexibility index (Phi) is 6.86. The van der Waals surface area contributed by atoms with E-state index in [1.165, 1.54) is 14.1 Å². The standard InChI is InChI=1S/C12H18IN3O3S/c1-16(2)20(18,19)15-7-6-14-12(17)9-10-4-3-5-11(13)8-10/h3-5,8,15H,6-7,9H2,1-2H3,(H,14,17). The first-order chi connectivity index (χ1) is 9.31. The number of amides is 1. The molecule has 0 aromatic heterocycles. The maximum Gasteiger partial charge on any atom is 0.278 e. The molecular weight excluding hydrogens is 393 g/mol. The molecule has 0 saturated carbocycles. The molecule has 1 rings (SSSR count). The first-order valence-electron chi connectivity index (χ1n) is 5.99. The molecule has 8 heteroatoms. The van der Waals surface area contributed by atoms with Gasteiger partial charge in [-0.2, -0.15) is 12.7 Å². The zero-order valence-corrected chi connectivity index (χ0v) is 14.4. The zero-order valence-electron chi connectivity index (χ0n) is 11.4. The molecule has 0 fully saturated rings. The van der Waals surface area contributed by atoms with Gasteiger partial charge in [-0.15, -0.1) is 0 Å². The summed E-state index contributed by atoms with van der Waals surface area (Å²) in [5.74, 6) is -0.129. The van der Waals surface area contributed by atoms with Crippen molar-refractivity contribution in [1.82, 2.24) is 14.3 Å². The van der Waals surface area contributed by atoms with Gasteiger partial charge in [-0.3, -0.25) is 4.79 Å². The molecule has 2 N–H and O–H groups in total. The predicted octanol–water partition coefficient (Wildman–Crippen LogP) is 0.346. The highest BCUT2D eigenvalue weighted by atomic mass is 127. The predicted molar refractivity (Wildman–Crippen MR) is 86.5 cm³/mol. The molecule has 1 amide bonds. The second-order valence-corrected chi connectivity index (χ2v) is 7.55. The second-order valence-electron chi connectivity index (χ2n) is 4.34. The van der Waals surface area contributed by atoms with Crippen LogP contribution in [0.25, 0.3) is 0 Å². The average molecular weight is 411 g/mol. The summed E-state index contributed by atoms with van der Waals surface area (Å²) in [6.45, 7) is 0.425. The molecule has 0 saturated heterocycles. The average Bonchev–Trinajstić information content (AvgIpc) is 2.34.